The molecule has 0 amide bonds. The monoisotopic (exact) mass is 339 g/mol. The van der Waals surface area contributed by atoms with Crippen LogP contribution < -0.4 is 0 Å². The normalized spacial score (nSPS) is 26.7. The molecule has 1 aromatic heterocycles. The van der Waals surface area contributed by atoms with Crippen LogP contribution in [-0.2, 0) is 22.1 Å². The molecule has 3 unspecified atom stereocenters. The first-order chi connectivity index (χ1) is 10.8. The Hall–Kier alpha value is -1.21. The van der Waals surface area contributed by atoms with Gasteiger partial charge in [0.25, 0.3) is 0 Å². The maximum Gasteiger partial charge on any atom is 0.240 e. The fraction of sp³-hybridized carbons (Fsp3) is 0.750. The lowest BCUT2D eigenvalue weighted by molar-refractivity contribution is 0.148. The Morgan fingerprint density at radius 2 is 2.13 bits per heavy atom. The zero-order valence-corrected chi connectivity index (χ0v) is 14.8. The Labute approximate surface area is 137 Å². The number of aromatic nitrogens is 2. The summed E-state index contributed by atoms with van der Waals surface area (Å²) in [4.78, 5) is 6.57. The number of sulfone groups is 1. The van der Waals surface area contributed by atoms with Crippen molar-refractivity contribution in [3.63, 3.8) is 0 Å². The van der Waals surface area contributed by atoms with E-state index in [-0.39, 0.29) is 11.6 Å². The standard InChI is InChI=1S/C16H25N3O3S/c1-11(2)19(8-14-7-12-4-5-13(14)6-12)9-16-17-15(18-22-16)10-23(3,20)21/h4-5,11-14H,6-10H2,1-3H3. The van der Waals surface area contributed by atoms with Crippen LogP contribution >= 0.6 is 0 Å². The minimum atomic E-state index is -3.14. The molecule has 0 N–H and O–H groups in total. The molecule has 0 spiro atoms. The van der Waals surface area contributed by atoms with Crippen molar-refractivity contribution < 1.29 is 12.9 Å². The maximum absolute atomic E-state index is 11.3. The Morgan fingerprint density at radius 3 is 2.70 bits per heavy atom. The fourth-order valence-electron chi connectivity index (χ4n) is 3.68. The first-order valence-corrected chi connectivity index (χ1v) is 10.3. The SMILES string of the molecule is CC(C)N(Cc1nc(CS(C)(=O)=O)no1)CC1CC2C=CC1C2. The lowest BCUT2D eigenvalue weighted by Gasteiger charge is -2.30. The molecule has 6 nitrogen and oxygen atoms in total. The molecule has 2 aliphatic rings. The number of nitrogens with zero attached hydrogens (tertiary/aromatic N) is 3. The molecule has 3 atom stereocenters. The highest BCUT2D eigenvalue weighted by Gasteiger charge is 2.36. The average Bonchev–Trinajstić information content (AvgIpc) is 3.13. The molecule has 23 heavy (non-hydrogen) atoms. The van der Waals surface area contributed by atoms with Gasteiger partial charge in [0.05, 0.1) is 6.54 Å². The maximum atomic E-state index is 11.3. The number of hydrogen-bond donors (Lipinski definition) is 0. The third-order valence-corrected chi connectivity index (χ3v) is 5.64. The molecule has 1 saturated carbocycles. The average molecular weight is 339 g/mol. The summed E-state index contributed by atoms with van der Waals surface area (Å²) in [6.45, 7) is 5.92. The fourth-order valence-corrected chi connectivity index (χ4v) is 4.27. The molecule has 0 aliphatic heterocycles. The smallest absolute Gasteiger partial charge is 0.240 e. The van der Waals surface area contributed by atoms with Crippen LogP contribution in [0, 0.1) is 17.8 Å². The van der Waals surface area contributed by atoms with E-state index in [1.54, 1.807) is 0 Å². The highest BCUT2D eigenvalue weighted by Crippen LogP contribution is 2.43. The van der Waals surface area contributed by atoms with Gasteiger partial charge in [-0.3, -0.25) is 4.90 Å². The molecule has 128 valence electrons. The Bertz CT molecular complexity index is 680. The van der Waals surface area contributed by atoms with Gasteiger partial charge in [-0.2, -0.15) is 4.98 Å². The highest BCUT2D eigenvalue weighted by atomic mass is 32.2. The van der Waals surface area contributed by atoms with E-state index in [9.17, 15) is 8.42 Å². The van der Waals surface area contributed by atoms with Crippen LogP contribution in [-0.4, -0.2) is 42.3 Å². The summed E-state index contributed by atoms with van der Waals surface area (Å²) < 4.78 is 27.8. The van der Waals surface area contributed by atoms with Crippen LogP contribution in [0.25, 0.3) is 0 Å². The van der Waals surface area contributed by atoms with Crippen molar-refractivity contribution in [3.05, 3.63) is 23.9 Å². The van der Waals surface area contributed by atoms with Gasteiger partial charge in [-0.25, -0.2) is 8.42 Å². The molecule has 0 aromatic carbocycles. The Balaban J connectivity index is 1.62. The van der Waals surface area contributed by atoms with E-state index in [1.165, 1.54) is 19.1 Å². The molecular formula is C16H25N3O3S. The van der Waals surface area contributed by atoms with Crippen molar-refractivity contribution in [1.29, 1.82) is 0 Å². The molecule has 1 fully saturated rings. The van der Waals surface area contributed by atoms with Gasteiger partial charge in [-0.15, -0.1) is 0 Å². The number of allylic oxidation sites excluding steroid dienone is 2. The molecule has 7 heteroatoms. The summed E-state index contributed by atoms with van der Waals surface area (Å²) in [6, 6.07) is 0.378. The lowest BCUT2D eigenvalue weighted by atomic mass is 9.92. The van der Waals surface area contributed by atoms with E-state index in [0.29, 0.717) is 30.3 Å². The third-order valence-electron chi connectivity index (χ3n) is 4.86. The van der Waals surface area contributed by atoms with Crippen molar-refractivity contribution in [1.82, 2.24) is 15.0 Å². The second-order valence-corrected chi connectivity index (χ2v) is 9.38. The van der Waals surface area contributed by atoms with E-state index in [2.05, 4.69) is 41.0 Å². The van der Waals surface area contributed by atoms with E-state index in [4.69, 9.17) is 4.52 Å². The minimum absolute atomic E-state index is 0.171. The molecule has 0 saturated heterocycles. The van der Waals surface area contributed by atoms with E-state index in [1.807, 2.05) is 0 Å². The van der Waals surface area contributed by atoms with Gasteiger partial charge >= 0.3 is 0 Å². The van der Waals surface area contributed by atoms with Gasteiger partial charge < -0.3 is 4.52 Å². The van der Waals surface area contributed by atoms with Gasteiger partial charge in [0, 0.05) is 18.8 Å². The van der Waals surface area contributed by atoms with E-state index >= 15 is 0 Å². The van der Waals surface area contributed by atoms with Crippen LogP contribution in [0.3, 0.4) is 0 Å². The van der Waals surface area contributed by atoms with Crippen LogP contribution in [0.5, 0.6) is 0 Å². The zero-order chi connectivity index (χ0) is 16.6. The molecular weight excluding hydrogens is 314 g/mol. The van der Waals surface area contributed by atoms with Crippen molar-refractivity contribution in [2.24, 2.45) is 17.8 Å². The summed E-state index contributed by atoms with van der Waals surface area (Å²) in [5.41, 5.74) is 0. The molecule has 3 rings (SSSR count). The van der Waals surface area contributed by atoms with Gasteiger partial charge in [-0.1, -0.05) is 17.3 Å². The first-order valence-electron chi connectivity index (χ1n) is 8.21. The van der Waals surface area contributed by atoms with E-state index < -0.39 is 9.84 Å². The van der Waals surface area contributed by atoms with Crippen LogP contribution in [0.2, 0.25) is 0 Å². The van der Waals surface area contributed by atoms with Gasteiger partial charge in [-0.05, 0) is 44.4 Å². The summed E-state index contributed by atoms with van der Waals surface area (Å²) in [5, 5.41) is 3.78. The van der Waals surface area contributed by atoms with Crippen molar-refractivity contribution in [2.45, 2.75) is 45.0 Å². The largest absolute Gasteiger partial charge is 0.338 e. The summed E-state index contributed by atoms with van der Waals surface area (Å²) >= 11 is 0. The van der Waals surface area contributed by atoms with Crippen molar-refractivity contribution in [3.8, 4) is 0 Å². The van der Waals surface area contributed by atoms with Crippen LogP contribution in [0.4, 0.5) is 0 Å². The summed E-state index contributed by atoms with van der Waals surface area (Å²) in [6.07, 6.45) is 8.47. The quantitative estimate of drug-likeness (QED) is 0.708. The number of fused-ring (bicyclic) bond motifs is 2. The van der Waals surface area contributed by atoms with Crippen molar-refractivity contribution >= 4 is 9.84 Å². The summed E-state index contributed by atoms with van der Waals surface area (Å²) in [7, 11) is -3.14. The molecule has 1 aromatic rings. The predicted molar refractivity (Wildman–Crippen MR) is 87.2 cm³/mol. The van der Waals surface area contributed by atoms with E-state index in [0.717, 1.165) is 12.5 Å². The Morgan fingerprint density at radius 1 is 1.35 bits per heavy atom. The lowest BCUT2D eigenvalue weighted by Crippen LogP contribution is -2.36. The third kappa shape index (κ3) is 4.20. The highest BCUT2D eigenvalue weighted by molar-refractivity contribution is 7.89. The number of hydrogen-bond acceptors (Lipinski definition) is 6. The van der Waals surface area contributed by atoms with Gasteiger partial charge in [0.2, 0.25) is 5.89 Å². The number of rotatable bonds is 7. The molecule has 2 aliphatic carbocycles. The van der Waals surface area contributed by atoms with Gasteiger partial charge in [0.1, 0.15) is 5.75 Å². The molecule has 1 heterocycles. The first kappa shape index (κ1) is 16.6. The summed E-state index contributed by atoms with van der Waals surface area (Å²) in [5.74, 6) is 2.75. The molecule has 2 bridgehead atoms. The van der Waals surface area contributed by atoms with Gasteiger partial charge in [0.15, 0.2) is 15.7 Å². The van der Waals surface area contributed by atoms with Crippen LogP contribution in [0.1, 0.15) is 38.4 Å². The predicted octanol–water partition coefficient (Wildman–Crippen LogP) is 2.04. The minimum Gasteiger partial charge on any atom is -0.338 e. The molecule has 0 radical (unpaired) electrons. The Kier molecular flexibility index (Phi) is 4.60. The van der Waals surface area contributed by atoms with Crippen LogP contribution in [0.15, 0.2) is 16.7 Å². The zero-order valence-electron chi connectivity index (χ0n) is 14.0. The second-order valence-electron chi connectivity index (χ2n) is 7.24. The topological polar surface area (TPSA) is 76.3 Å². The second kappa shape index (κ2) is 6.36. The van der Waals surface area contributed by atoms with Crippen molar-refractivity contribution in [2.75, 3.05) is 12.8 Å².